The maximum Gasteiger partial charge on any atom is 0.271 e. The minimum atomic E-state index is -0.526. The van der Waals surface area contributed by atoms with Crippen LogP contribution in [-0.2, 0) is 11.3 Å². The maximum atomic E-state index is 12.4. The molecule has 0 aliphatic heterocycles. The Balaban J connectivity index is 1.75. The first-order valence-corrected chi connectivity index (χ1v) is 9.33. The lowest BCUT2D eigenvalue weighted by Crippen LogP contribution is -2.15. The molecule has 3 rings (SSSR count). The van der Waals surface area contributed by atoms with Crippen LogP contribution in [0.4, 0.5) is 11.4 Å². The predicted molar refractivity (Wildman–Crippen MR) is 109 cm³/mol. The number of non-ortho nitro benzene ring substituents is 1. The Bertz CT molecular complexity index is 1050. The molecule has 28 heavy (non-hydrogen) atoms. The fourth-order valence-electron chi connectivity index (χ4n) is 2.69. The van der Waals surface area contributed by atoms with Crippen molar-refractivity contribution >= 4 is 40.1 Å². The second kappa shape index (κ2) is 8.57. The molecule has 1 aromatic heterocycles. The van der Waals surface area contributed by atoms with E-state index in [0.717, 1.165) is 11.0 Å². The number of nitro groups is 1. The molecule has 0 unspecified atom stereocenters. The monoisotopic (exact) mass is 398 g/mol. The van der Waals surface area contributed by atoms with E-state index in [1.165, 1.54) is 37.1 Å². The van der Waals surface area contributed by atoms with Gasteiger partial charge in [0, 0.05) is 18.7 Å². The van der Waals surface area contributed by atoms with E-state index in [1.807, 2.05) is 28.8 Å². The minimum absolute atomic E-state index is 0.0896. The number of nitrogens with one attached hydrogen (secondary N) is 1. The summed E-state index contributed by atoms with van der Waals surface area (Å²) in [6.07, 6.45) is 1.77. The molecule has 1 heterocycles. The SMILES string of the molecule is C=CCn1c(SCC(=O)Nc2cc([N+](=O)[O-])ccc2OC)nc2ccccc21. The molecule has 0 bridgehead atoms. The number of nitrogens with zero attached hydrogens (tertiary/aromatic N) is 3. The first kappa shape index (κ1) is 19.4. The van der Waals surface area contributed by atoms with Crippen molar-refractivity contribution in [1.29, 1.82) is 0 Å². The second-order valence-electron chi connectivity index (χ2n) is 5.76. The number of anilines is 1. The van der Waals surface area contributed by atoms with Gasteiger partial charge in [0.1, 0.15) is 5.75 Å². The van der Waals surface area contributed by atoms with Gasteiger partial charge in [0.15, 0.2) is 5.16 Å². The molecule has 144 valence electrons. The number of amides is 1. The molecule has 0 aliphatic carbocycles. The molecule has 9 heteroatoms. The lowest BCUT2D eigenvalue weighted by molar-refractivity contribution is -0.384. The Morgan fingerprint density at radius 2 is 2.18 bits per heavy atom. The lowest BCUT2D eigenvalue weighted by atomic mass is 10.2. The van der Waals surface area contributed by atoms with Gasteiger partial charge in [-0.15, -0.1) is 6.58 Å². The van der Waals surface area contributed by atoms with Crippen LogP contribution in [0, 0.1) is 10.1 Å². The number of rotatable bonds is 8. The number of carbonyl (C=O) groups excluding carboxylic acids is 1. The zero-order chi connectivity index (χ0) is 20.1. The molecule has 8 nitrogen and oxygen atoms in total. The summed E-state index contributed by atoms with van der Waals surface area (Å²) in [6, 6.07) is 11.7. The van der Waals surface area contributed by atoms with E-state index in [4.69, 9.17) is 4.74 Å². The number of hydrogen-bond acceptors (Lipinski definition) is 6. The quantitative estimate of drug-likeness (QED) is 0.268. The number of hydrogen-bond donors (Lipinski definition) is 1. The van der Waals surface area contributed by atoms with Crippen LogP contribution < -0.4 is 10.1 Å². The van der Waals surface area contributed by atoms with Crippen LogP contribution in [0.2, 0.25) is 0 Å². The molecule has 0 aliphatic rings. The maximum absolute atomic E-state index is 12.4. The Hall–Kier alpha value is -3.33. The molecule has 0 saturated heterocycles. The highest BCUT2D eigenvalue weighted by Crippen LogP contribution is 2.29. The summed E-state index contributed by atoms with van der Waals surface area (Å²) in [5.74, 6) is 0.121. The zero-order valence-corrected chi connectivity index (χ0v) is 15.9. The first-order valence-electron chi connectivity index (χ1n) is 8.34. The molecule has 0 fully saturated rings. The number of fused-ring (bicyclic) bond motifs is 1. The van der Waals surface area contributed by atoms with Crippen molar-refractivity contribution in [2.45, 2.75) is 11.7 Å². The number of aromatic nitrogens is 2. The third-order valence-electron chi connectivity index (χ3n) is 3.93. The number of benzene rings is 2. The summed E-state index contributed by atoms with van der Waals surface area (Å²) in [5, 5.41) is 14.3. The third kappa shape index (κ3) is 4.15. The highest BCUT2D eigenvalue weighted by atomic mass is 32.2. The van der Waals surface area contributed by atoms with Crippen LogP contribution in [-0.4, -0.2) is 33.2 Å². The van der Waals surface area contributed by atoms with E-state index in [9.17, 15) is 14.9 Å². The Morgan fingerprint density at radius 1 is 1.39 bits per heavy atom. The van der Waals surface area contributed by atoms with Gasteiger partial charge in [-0.2, -0.15) is 0 Å². The number of methoxy groups -OCH3 is 1. The van der Waals surface area contributed by atoms with Crippen LogP contribution in [0.3, 0.4) is 0 Å². The number of imidazole rings is 1. The summed E-state index contributed by atoms with van der Waals surface area (Å²) >= 11 is 1.28. The van der Waals surface area contributed by atoms with Crippen LogP contribution in [0.5, 0.6) is 5.75 Å². The van der Waals surface area contributed by atoms with Crippen LogP contribution in [0.25, 0.3) is 11.0 Å². The average molecular weight is 398 g/mol. The minimum Gasteiger partial charge on any atom is -0.495 e. The van der Waals surface area contributed by atoms with Crippen molar-refractivity contribution in [3.8, 4) is 5.75 Å². The molecular weight excluding hydrogens is 380 g/mol. The molecule has 0 atom stereocenters. The second-order valence-corrected chi connectivity index (χ2v) is 6.70. The zero-order valence-electron chi connectivity index (χ0n) is 15.1. The summed E-state index contributed by atoms with van der Waals surface area (Å²) in [6.45, 7) is 4.34. The average Bonchev–Trinajstić information content (AvgIpc) is 3.04. The third-order valence-corrected chi connectivity index (χ3v) is 4.91. The van der Waals surface area contributed by atoms with E-state index in [2.05, 4.69) is 16.9 Å². The van der Waals surface area contributed by atoms with Gasteiger partial charge in [-0.1, -0.05) is 30.0 Å². The summed E-state index contributed by atoms with van der Waals surface area (Å²) < 4.78 is 7.14. The van der Waals surface area contributed by atoms with Gasteiger partial charge in [-0.05, 0) is 18.2 Å². The van der Waals surface area contributed by atoms with Crippen molar-refractivity contribution in [2.24, 2.45) is 0 Å². The standard InChI is InChI=1S/C19H18N4O4S/c1-3-10-22-16-7-5-4-6-14(16)21-19(22)28-12-18(24)20-15-11-13(23(25)26)8-9-17(15)27-2/h3-9,11H,1,10,12H2,2H3,(H,20,24). The Labute approximate surface area is 165 Å². The van der Waals surface area contributed by atoms with Crippen molar-refractivity contribution in [2.75, 3.05) is 18.2 Å². The van der Waals surface area contributed by atoms with Crippen molar-refractivity contribution in [3.63, 3.8) is 0 Å². The number of para-hydroxylation sites is 2. The van der Waals surface area contributed by atoms with Gasteiger partial charge in [-0.3, -0.25) is 14.9 Å². The fraction of sp³-hybridized carbons (Fsp3) is 0.158. The molecule has 0 spiro atoms. The molecular formula is C19H18N4O4S. The van der Waals surface area contributed by atoms with Crippen LogP contribution in [0.15, 0.2) is 60.3 Å². The van der Waals surface area contributed by atoms with Crippen molar-refractivity contribution < 1.29 is 14.5 Å². The van der Waals surface area contributed by atoms with E-state index in [-0.39, 0.29) is 23.0 Å². The van der Waals surface area contributed by atoms with Crippen LogP contribution >= 0.6 is 11.8 Å². The largest absolute Gasteiger partial charge is 0.495 e. The smallest absolute Gasteiger partial charge is 0.271 e. The molecule has 0 saturated carbocycles. The molecule has 2 aromatic carbocycles. The summed E-state index contributed by atoms with van der Waals surface area (Å²) in [5.41, 5.74) is 1.93. The molecule has 1 N–H and O–H groups in total. The van der Waals surface area contributed by atoms with E-state index in [1.54, 1.807) is 6.08 Å². The van der Waals surface area contributed by atoms with E-state index in [0.29, 0.717) is 17.5 Å². The molecule has 0 radical (unpaired) electrons. The van der Waals surface area contributed by atoms with Gasteiger partial charge in [0.25, 0.3) is 5.69 Å². The van der Waals surface area contributed by atoms with Gasteiger partial charge in [0.2, 0.25) is 5.91 Å². The van der Waals surface area contributed by atoms with Gasteiger partial charge in [-0.25, -0.2) is 4.98 Å². The van der Waals surface area contributed by atoms with E-state index >= 15 is 0 Å². The summed E-state index contributed by atoms with van der Waals surface area (Å²) in [7, 11) is 1.43. The molecule has 1 amide bonds. The van der Waals surface area contributed by atoms with Gasteiger partial charge in [0.05, 0.1) is 34.5 Å². The Kier molecular flexibility index (Phi) is 5.95. The molecule has 3 aromatic rings. The highest BCUT2D eigenvalue weighted by Gasteiger charge is 2.16. The lowest BCUT2D eigenvalue weighted by Gasteiger charge is -2.10. The first-order chi connectivity index (χ1) is 13.5. The van der Waals surface area contributed by atoms with Gasteiger partial charge < -0.3 is 14.6 Å². The van der Waals surface area contributed by atoms with Crippen LogP contribution in [0.1, 0.15) is 0 Å². The van der Waals surface area contributed by atoms with Crippen molar-refractivity contribution in [1.82, 2.24) is 9.55 Å². The van der Waals surface area contributed by atoms with Gasteiger partial charge >= 0.3 is 0 Å². The predicted octanol–water partition coefficient (Wildman–Crippen LogP) is 3.87. The fourth-order valence-corrected chi connectivity index (χ4v) is 3.52. The topological polar surface area (TPSA) is 99.3 Å². The number of carbonyl (C=O) groups is 1. The number of thioether (sulfide) groups is 1. The Morgan fingerprint density at radius 3 is 2.89 bits per heavy atom. The summed E-state index contributed by atoms with van der Waals surface area (Å²) in [4.78, 5) is 27.4. The normalized spacial score (nSPS) is 10.6. The number of allylic oxidation sites excluding steroid dienone is 1. The highest BCUT2D eigenvalue weighted by molar-refractivity contribution is 7.99. The van der Waals surface area contributed by atoms with E-state index < -0.39 is 4.92 Å². The van der Waals surface area contributed by atoms with Crippen molar-refractivity contribution in [3.05, 3.63) is 65.2 Å². The number of nitro benzene ring substituents is 1. The number of ether oxygens (including phenoxy) is 1.